The highest BCUT2D eigenvalue weighted by molar-refractivity contribution is 9.10. The first-order chi connectivity index (χ1) is 10.7. The summed E-state index contributed by atoms with van der Waals surface area (Å²) < 4.78 is 29.0. The summed E-state index contributed by atoms with van der Waals surface area (Å²) in [5.41, 5.74) is 2.21. The van der Waals surface area contributed by atoms with E-state index in [0.717, 1.165) is 29.3 Å². The zero-order valence-electron chi connectivity index (χ0n) is 14.2. The molecular weight excluding hydrogens is 374 g/mol. The molecule has 0 aliphatic heterocycles. The Balaban J connectivity index is 2.09. The lowest BCUT2D eigenvalue weighted by molar-refractivity contribution is 0.253. The zero-order chi connectivity index (χ0) is 17.3. The quantitative estimate of drug-likeness (QED) is 0.730. The summed E-state index contributed by atoms with van der Waals surface area (Å²) >= 11 is 3.40. The SMILES string of the molecule is C=C1CCC(CNS(=O)(=O)c2ccc(Br)cc2CC)CC1(C)C. The molecule has 1 aliphatic carbocycles. The highest BCUT2D eigenvalue weighted by Gasteiger charge is 2.31. The molecule has 2 rings (SSSR count). The number of hydrogen-bond donors (Lipinski definition) is 1. The van der Waals surface area contributed by atoms with E-state index in [9.17, 15) is 8.42 Å². The highest BCUT2D eigenvalue weighted by atomic mass is 79.9. The highest BCUT2D eigenvalue weighted by Crippen LogP contribution is 2.41. The Labute approximate surface area is 148 Å². The molecule has 1 atom stereocenters. The van der Waals surface area contributed by atoms with Crippen LogP contribution in [0.3, 0.4) is 0 Å². The standard InChI is InChI=1S/C18H26BrNO2S/c1-5-15-10-16(19)8-9-17(15)23(21,22)20-12-14-7-6-13(2)18(3,4)11-14/h8-10,14,20H,2,5-7,11-12H2,1,3-4H3. The van der Waals surface area contributed by atoms with Crippen LogP contribution in [0.1, 0.15) is 45.6 Å². The third-order valence-electron chi connectivity index (χ3n) is 4.87. The molecule has 1 N–H and O–H groups in total. The Bertz CT molecular complexity index is 695. The maximum absolute atomic E-state index is 12.6. The first-order valence-corrected chi connectivity index (χ1v) is 10.4. The van der Waals surface area contributed by atoms with E-state index in [4.69, 9.17) is 0 Å². The minimum absolute atomic E-state index is 0.0978. The summed E-state index contributed by atoms with van der Waals surface area (Å²) in [4.78, 5) is 0.391. The Kier molecular flexibility index (Phi) is 5.75. The summed E-state index contributed by atoms with van der Waals surface area (Å²) in [6.07, 6.45) is 3.66. The minimum atomic E-state index is -3.46. The number of aryl methyl sites for hydroxylation is 1. The van der Waals surface area contributed by atoms with Crippen LogP contribution in [0.25, 0.3) is 0 Å². The fourth-order valence-corrected chi connectivity index (χ4v) is 5.07. The molecule has 1 unspecified atom stereocenters. The number of halogens is 1. The van der Waals surface area contributed by atoms with E-state index < -0.39 is 10.0 Å². The lowest BCUT2D eigenvalue weighted by Crippen LogP contribution is -2.35. The van der Waals surface area contributed by atoms with E-state index in [1.165, 1.54) is 5.57 Å². The molecule has 0 bridgehead atoms. The van der Waals surface area contributed by atoms with Crippen molar-refractivity contribution in [2.24, 2.45) is 11.3 Å². The van der Waals surface area contributed by atoms with Gasteiger partial charge in [-0.15, -0.1) is 0 Å². The van der Waals surface area contributed by atoms with Crippen LogP contribution in [0.5, 0.6) is 0 Å². The monoisotopic (exact) mass is 399 g/mol. The number of benzene rings is 1. The molecule has 23 heavy (non-hydrogen) atoms. The number of hydrogen-bond acceptors (Lipinski definition) is 2. The molecule has 0 heterocycles. The Hall–Kier alpha value is -0.650. The van der Waals surface area contributed by atoms with Crippen LogP contribution in [0.15, 0.2) is 39.7 Å². The largest absolute Gasteiger partial charge is 0.240 e. The summed E-state index contributed by atoms with van der Waals surface area (Å²) in [6, 6.07) is 5.33. The predicted molar refractivity (Wildman–Crippen MR) is 99.0 cm³/mol. The third-order valence-corrected chi connectivity index (χ3v) is 6.88. The van der Waals surface area contributed by atoms with Gasteiger partial charge in [0, 0.05) is 11.0 Å². The van der Waals surface area contributed by atoms with Gasteiger partial charge >= 0.3 is 0 Å². The maximum atomic E-state index is 12.6. The van der Waals surface area contributed by atoms with Crippen molar-refractivity contribution in [3.8, 4) is 0 Å². The maximum Gasteiger partial charge on any atom is 0.240 e. The van der Waals surface area contributed by atoms with Crippen LogP contribution in [0, 0.1) is 11.3 Å². The topological polar surface area (TPSA) is 46.2 Å². The van der Waals surface area contributed by atoms with Gasteiger partial charge in [0.25, 0.3) is 0 Å². The second-order valence-electron chi connectivity index (χ2n) is 7.05. The average Bonchev–Trinajstić information content (AvgIpc) is 2.48. The molecule has 3 nitrogen and oxygen atoms in total. The van der Waals surface area contributed by atoms with Crippen LogP contribution < -0.4 is 4.72 Å². The van der Waals surface area contributed by atoms with E-state index in [0.29, 0.717) is 23.8 Å². The van der Waals surface area contributed by atoms with Crippen molar-refractivity contribution in [3.05, 3.63) is 40.4 Å². The van der Waals surface area contributed by atoms with Crippen LogP contribution in [-0.4, -0.2) is 15.0 Å². The van der Waals surface area contributed by atoms with E-state index in [-0.39, 0.29) is 5.41 Å². The Morgan fingerprint density at radius 1 is 1.39 bits per heavy atom. The van der Waals surface area contributed by atoms with E-state index >= 15 is 0 Å². The normalized spacial score (nSPS) is 21.4. The molecular formula is C18H26BrNO2S. The second-order valence-corrected chi connectivity index (χ2v) is 9.70. The van der Waals surface area contributed by atoms with Crippen molar-refractivity contribution < 1.29 is 8.42 Å². The number of allylic oxidation sites excluding steroid dienone is 1. The Morgan fingerprint density at radius 2 is 2.09 bits per heavy atom. The van der Waals surface area contributed by atoms with Gasteiger partial charge in [-0.25, -0.2) is 13.1 Å². The van der Waals surface area contributed by atoms with Gasteiger partial charge in [0.2, 0.25) is 10.0 Å². The van der Waals surface area contributed by atoms with Gasteiger partial charge in [0.1, 0.15) is 0 Å². The molecule has 1 aromatic rings. The van der Waals surface area contributed by atoms with Crippen molar-refractivity contribution >= 4 is 26.0 Å². The van der Waals surface area contributed by atoms with Gasteiger partial charge in [-0.1, -0.05) is 48.9 Å². The van der Waals surface area contributed by atoms with Gasteiger partial charge in [-0.3, -0.25) is 0 Å². The fourth-order valence-electron chi connectivity index (χ4n) is 3.25. The summed E-state index contributed by atoms with van der Waals surface area (Å²) in [6.45, 7) is 11.0. The summed E-state index contributed by atoms with van der Waals surface area (Å²) in [5, 5.41) is 0. The molecule has 5 heteroatoms. The molecule has 0 amide bonds. The van der Waals surface area contributed by atoms with E-state index in [1.54, 1.807) is 12.1 Å². The summed E-state index contributed by atoms with van der Waals surface area (Å²) in [5.74, 6) is 0.366. The molecule has 1 aromatic carbocycles. The molecule has 1 fully saturated rings. The predicted octanol–water partition coefficient (Wildman–Crippen LogP) is 4.67. The first-order valence-electron chi connectivity index (χ1n) is 8.12. The van der Waals surface area contributed by atoms with Crippen molar-refractivity contribution in [1.29, 1.82) is 0 Å². The van der Waals surface area contributed by atoms with Gasteiger partial charge in [-0.05, 0) is 60.8 Å². The van der Waals surface area contributed by atoms with Gasteiger partial charge in [-0.2, -0.15) is 0 Å². The van der Waals surface area contributed by atoms with Crippen molar-refractivity contribution in [2.45, 2.75) is 51.3 Å². The lowest BCUT2D eigenvalue weighted by atomic mass is 9.69. The zero-order valence-corrected chi connectivity index (χ0v) is 16.6. The van der Waals surface area contributed by atoms with Crippen molar-refractivity contribution in [1.82, 2.24) is 4.72 Å². The number of rotatable bonds is 5. The van der Waals surface area contributed by atoms with Crippen LogP contribution in [0.4, 0.5) is 0 Å². The van der Waals surface area contributed by atoms with Gasteiger partial charge < -0.3 is 0 Å². The molecule has 0 saturated heterocycles. The second kappa shape index (κ2) is 7.08. The van der Waals surface area contributed by atoms with E-state index in [2.05, 4.69) is 41.1 Å². The fraction of sp³-hybridized carbons (Fsp3) is 0.556. The van der Waals surface area contributed by atoms with Crippen LogP contribution in [-0.2, 0) is 16.4 Å². The molecule has 1 saturated carbocycles. The van der Waals surface area contributed by atoms with Crippen molar-refractivity contribution in [3.63, 3.8) is 0 Å². The van der Waals surface area contributed by atoms with Crippen molar-refractivity contribution in [2.75, 3.05) is 6.54 Å². The first kappa shape index (κ1) is 18.7. The van der Waals surface area contributed by atoms with Gasteiger partial charge in [0.15, 0.2) is 0 Å². The molecule has 128 valence electrons. The van der Waals surface area contributed by atoms with Crippen LogP contribution in [0.2, 0.25) is 0 Å². The molecule has 0 spiro atoms. The number of nitrogens with one attached hydrogen (secondary N) is 1. The Morgan fingerprint density at radius 3 is 2.70 bits per heavy atom. The molecule has 1 aliphatic rings. The molecule has 0 aromatic heterocycles. The summed E-state index contributed by atoms with van der Waals surface area (Å²) in [7, 11) is -3.46. The van der Waals surface area contributed by atoms with Gasteiger partial charge in [0.05, 0.1) is 4.90 Å². The average molecular weight is 400 g/mol. The number of sulfonamides is 1. The van der Waals surface area contributed by atoms with Crippen LogP contribution >= 0.6 is 15.9 Å². The van der Waals surface area contributed by atoms with E-state index in [1.807, 2.05) is 13.0 Å². The minimum Gasteiger partial charge on any atom is -0.211 e. The third kappa shape index (κ3) is 4.46. The smallest absolute Gasteiger partial charge is 0.211 e. The lowest BCUT2D eigenvalue weighted by Gasteiger charge is -2.37. The molecule has 0 radical (unpaired) electrons.